The van der Waals surface area contributed by atoms with Crippen LogP contribution in [0.3, 0.4) is 0 Å². The summed E-state index contributed by atoms with van der Waals surface area (Å²) < 4.78 is 0. The van der Waals surface area contributed by atoms with E-state index in [1.54, 1.807) is 0 Å². The molecule has 0 aromatic carbocycles. The van der Waals surface area contributed by atoms with Crippen LogP contribution in [0.2, 0.25) is 0 Å². The molecule has 1 atom stereocenters. The van der Waals surface area contributed by atoms with E-state index in [1.807, 2.05) is 25.9 Å². The normalized spacial score (nSPS) is 14.5. The van der Waals surface area contributed by atoms with Crippen LogP contribution in [0, 0.1) is 0 Å². The Kier molecular flexibility index (Phi) is 11.0. The summed E-state index contributed by atoms with van der Waals surface area (Å²) >= 11 is 0. The zero-order chi connectivity index (χ0) is 15.4. The molecule has 1 unspecified atom stereocenters. The fourth-order valence-electron chi connectivity index (χ4n) is 2.58. The van der Waals surface area contributed by atoms with Crippen molar-refractivity contribution in [3.8, 4) is 0 Å². The summed E-state index contributed by atoms with van der Waals surface area (Å²) in [5.41, 5.74) is 5.41. The van der Waals surface area contributed by atoms with E-state index in [9.17, 15) is 4.79 Å². The molecular weight excluding hydrogens is 248 g/mol. The molecule has 0 saturated carbocycles. The van der Waals surface area contributed by atoms with E-state index < -0.39 is 5.66 Å². The van der Waals surface area contributed by atoms with Gasteiger partial charge in [0.05, 0.1) is 0 Å². The Bertz CT molecular complexity index is 253. The van der Waals surface area contributed by atoms with Crippen molar-refractivity contribution in [2.24, 2.45) is 5.73 Å². The molecule has 0 rings (SSSR count). The second-order valence-electron chi connectivity index (χ2n) is 6.17. The quantitative estimate of drug-likeness (QED) is 0.409. The maximum Gasteiger partial charge on any atom is 0.167 e. The Balaban J connectivity index is 3.62. The van der Waals surface area contributed by atoms with Gasteiger partial charge in [0, 0.05) is 6.42 Å². The minimum absolute atomic E-state index is 0.188. The van der Waals surface area contributed by atoms with Gasteiger partial charge in [0.25, 0.3) is 0 Å². The number of carbonyl (C=O) groups excluding carboxylic acids is 1. The number of hydrogen-bond donors (Lipinski definition) is 1. The van der Waals surface area contributed by atoms with Gasteiger partial charge < -0.3 is 5.73 Å². The van der Waals surface area contributed by atoms with E-state index in [2.05, 4.69) is 6.92 Å². The van der Waals surface area contributed by atoms with Crippen molar-refractivity contribution >= 4 is 5.78 Å². The molecule has 0 aromatic rings. The lowest BCUT2D eigenvalue weighted by Crippen LogP contribution is -2.58. The van der Waals surface area contributed by atoms with Crippen LogP contribution in [0.5, 0.6) is 0 Å². The molecule has 0 aliphatic heterocycles. The van der Waals surface area contributed by atoms with Crippen LogP contribution in [0.15, 0.2) is 0 Å². The van der Waals surface area contributed by atoms with E-state index in [4.69, 9.17) is 5.73 Å². The third kappa shape index (κ3) is 7.39. The first-order chi connectivity index (χ1) is 9.49. The van der Waals surface area contributed by atoms with Gasteiger partial charge in [-0.25, -0.2) is 0 Å². The zero-order valence-electron chi connectivity index (χ0n) is 14.2. The number of likely N-dealkylation sites (N-methyl/N-ethyl adjacent to an activating group) is 1. The predicted octanol–water partition coefficient (Wildman–Crippen LogP) is 4.10. The lowest BCUT2D eigenvalue weighted by atomic mass is 9.96. The summed E-state index contributed by atoms with van der Waals surface area (Å²) in [7, 11) is 3.77. The first kappa shape index (κ1) is 19.6. The van der Waals surface area contributed by atoms with Gasteiger partial charge in [0.1, 0.15) is 5.66 Å². The molecule has 0 fully saturated rings. The highest BCUT2D eigenvalue weighted by molar-refractivity contribution is 5.87. The average molecular weight is 284 g/mol. The van der Waals surface area contributed by atoms with Gasteiger partial charge in [-0.05, 0) is 26.9 Å². The van der Waals surface area contributed by atoms with E-state index in [1.165, 1.54) is 44.9 Å². The summed E-state index contributed by atoms with van der Waals surface area (Å²) in [5, 5.41) is 0. The fourth-order valence-corrected chi connectivity index (χ4v) is 2.58. The zero-order valence-corrected chi connectivity index (χ0v) is 14.2. The third-order valence-corrected chi connectivity index (χ3v) is 4.33. The number of Topliss-reactive ketones (excluding diaryl/α,β-unsaturated/α-hetero) is 1. The van der Waals surface area contributed by atoms with Crippen LogP contribution in [0.4, 0.5) is 0 Å². The van der Waals surface area contributed by atoms with Gasteiger partial charge in [0.2, 0.25) is 0 Å². The molecule has 2 N–H and O–H groups in total. The second kappa shape index (κ2) is 11.3. The number of nitrogens with two attached hydrogens (primary N) is 1. The minimum Gasteiger partial charge on any atom is -0.307 e. The largest absolute Gasteiger partial charge is 0.307 e. The summed E-state index contributed by atoms with van der Waals surface area (Å²) in [6.07, 6.45) is 12.8. The molecule has 0 saturated heterocycles. The number of rotatable bonds is 13. The van der Waals surface area contributed by atoms with Crippen LogP contribution in [-0.2, 0) is 4.79 Å². The molecule has 120 valence electrons. The highest BCUT2D eigenvalue weighted by Gasteiger charge is 2.33. The SMILES string of the molecule is CCCCCCCCCCCC(=O)C(N)(CC)N(C)C. The Morgan fingerprint density at radius 1 is 0.900 bits per heavy atom. The van der Waals surface area contributed by atoms with E-state index in [0.717, 1.165) is 12.8 Å². The van der Waals surface area contributed by atoms with Crippen molar-refractivity contribution in [1.82, 2.24) is 4.90 Å². The minimum atomic E-state index is -0.764. The number of ketones is 1. The Morgan fingerprint density at radius 2 is 1.35 bits per heavy atom. The molecule has 0 aliphatic rings. The van der Waals surface area contributed by atoms with Gasteiger partial charge >= 0.3 is 0 Å². The molecule has 20 heavy (non-hydrogen) atoms. The lowest BCUT2D eigenvalue weighted by molar-refractivity contribution is -0.130. The maximum absolute atomic E-state index is 12.2. The van der Waals surface area contributed by atoms with E-state index >= 15 is 0 Å². The molecule has 0 heterocycles. The monoisotopic (exact) mass is 284 g/mol. The molecule has 0 bridgehead atoms. The average Bonchev–Trinajstić information content (AvgIpc) is 2.44. The number of hydrogen-bond acceptors (Lipinski definition) is 3. The molecule has 3 nitrogen and oxygen atoms in total. The van der Waals surface area contributed by atoms with Crippen molar-refractivity contribution in [3.63, 3.8) is 0 Å². The van der Waals surface area contributed by atoms with Gasteiger partial charge in [-0.15, -0.1) is 0 Å². The summed E-state index contributed by atoms with van der Waals surface area (Å²) in [6.45, 7) is 4.23. The first-order valence-electron chi connectivity index (χ1n) is 8.48. The molecule has 0 radical (unpaired) electrons. The van der Waals surface area contributed by atoms with E-state index in [-0.39, 0.29) is 5.78 Å². The standard InChI is InChI=1S/C17H36N2O/c1-5-7-8-9-10-11-12-13-14-15-16(20)17(18,6-2)19(3)4/h5-15,18H2,1-4H3. The van der Waals surface area contributed by atoms with Crippen LogP contribution >= 0.6 is 0 Å². The highest BCUT2D eigenvalue weighted by Crippen LogP contribution is 2.16. The van der Waals surface area contributed by atoms with Gasteiger partial charge in [-0.2, -0.15) is 0 Å². The molecule has 0 amide bonds. The Hall–Kier alpha value is -0.410. The van der Waals surface area contributed by atoms with Crippen LogP contribution in [0.1, 0.15) is 84.5 Å². The number of carbonyl (C=O) groups is 1. The first-order valence-corrected chi connectivity index (χ1v) is 8.48. The molecule has 3 heteroatoms. The van der Waals surface area contributed by atoms with Gasteiger partial charge in [-0.1, -0.05) is 65.2 Å². The molecule has 0 spiro atoms. The van der Waals surface area contributed by atoms with Crippen molar-refractivity contribution in [1.29, 1.82) is 0 Å². The molecule has 0 aliphatic carbocycles. The van der Waals surface area contributed by atoms with Gasteiger partial charge in [-0.3, -0.25) is 9.69 Å². The highest BCUT2D eigenvalue weighted by atomic mass is 16.1. The number of nitrogens with zero attached hydrogens (tertiary/aromatic N) is 1. The Morgan fingerprint density at radius 3 is 1.75 bits per heavy atom. The van der Waals surface area contributed by atoms with Gasteiger partial charge in [0.15, 0.2) is 5.78 Å². The second-order valence-corrected chi connectivity index (χ2v) is 6.17. The van der Waals surface area contributed by atoms with E-state index in [0.29, 0.717) is 12.8 Å². The molecular formula is C17H36N2O. The predicted molar refractivity (Wildman–Crippen MR) is 87.7 cm³/mol. The maximum atomic E-state index is 12.2. The van der Waals surface area contributed by atoms with Crippen molar-refractivity contribution < 1.29 is 4.79 Å². The third-order valence-electron chi connectivity index (χ3n) is 4.33. The Labute approximate surface area is 126 Å². The van der Waals surface area contributed by atoms with Crippen LogP contribution in [-0.4, -0.2) is 30.4 Å². The lowest BCUT2D eigenvalue weighted by Gasteiger charge is -2.33. The van der Waals surface area contributed by atoms with Crippen molar-refractivity contribution in [2.75, 3.05) is 14.1 Å². The number of unbranched alkanes of at least 4 members (excludes halogenated alkanes) is 8. The fraction of sp³-hybridized carbons (Fsp3) is 0.941. The smallest absolute Gasteiger partial charge is 0.167 e. The summed E-state index contributed by atoms with van der Waals surface area (Å²) in [6, 6.07) is 0. The van der Waals surface area contributed by atoms with Crippen LogP contribution in [0.25, 0.3) is 0 Å². The summed E-state index contributed by atoms with van der Waals surface area (Å²) in [4.78, 5) is 14.0. The topological polar surface area (TPSA) is 46.3 Å². The summed E-state index contributed by atoms with van der Waals surface area (Å²) in [5.74, 6) is 0.188. The van der Waals surface area contributed by atoms with Crippen LogP contribution < -0.4 is 5.73 Å². The van der Waals surface area contributed by atoms with Crippen molar-refractivity contribution in [3.05, 3.63) is 0 Å². The molecule has 0 aromatic heterocycles. The van der Waals surface area contributed by atoms with Crippen molar-refractivity contribution in [2.45, 2.75) is 90.1 Å².